The molecule has 0 saturated heterocycles. The van der Waals surface area contributed by atoms with Crippen LogP contribution in [0.25, 0.3) is 17.1 Å². The van der Waals surface area contributed by atoms with Gasteiger partial charge < -0.3 is 14.8 Å². The lowest BCUT2D eigenvalue weighted by molar-refractivity contribution is -0.118. The largest absolute Gasteiger partial charge is 0.497 e. The monoisotopic (exact) mass is 554 g/mol. The van der Waals surface area contributed by atoms with Crippen molar-refractivity contribution in [3.8, 4) is 28.6 Å². The molecule has 4 rings (SSSR count). The van der Waals surface area contributed by atoms with Gasteiger partial charge in [0.2, 0.25) is 15.9 Å². The number of carbonyl (C=O) groups excluding carboxylic acids is 1. The molecular weight excluding hydrogens is 528 g/mol. The summed E-state index contributed by atoms with van der Waals surface area (Å²) in [5, 5.41) is 17.2. The fourth-order valence-electron chi connectivity index (χ4n) is 3.61. The molecule has 2 heterocycles. The smallest absolute Gasteiger partial charge is 0.238 e. The maximum atomic E-state index is 12.6. The van der Waals surface area contributed by atoms with Gasteiger partial charge in [0.15, 0.2) is 11.0 Å². The van der Waals surface area contributed by atoms with E-state index in [2.05, 4.69) is 20.5 Å². The molecule has 0 radical (unpaired) electrons. The second-order valence-electron chi connectivity index (χ2n) is 7.99. The van der Waals surface area contributed by atoms with E-state index < -0.39 is 10.0 Å². The average molecular weight is 555 g/mol. The van der Waals surface area contributed by atoms with Crippen molar-refractivity contribution < 1.29 is 22.7 Å². The maximum absolute atomic E-state index is 12.6. The zero-order valence-corrected chi connectivity index (χ0v) is 22.3. The van der Waals surface area contributed by atoms with Gasteiger partial charge in [0.05, 0.1) is 30.6 Å². The van der Waals surface area contributed by atoms with Gasteiger partial charge in [-0.25, -0.2) is 13.6 Å². The summed E-state index contributed by atoms with van der Waals surface area (Å²) in [6.45, 7) is 0.382. The predicted octanol–water partition coefficient (Wildman–Crippen LogP) is 2.44. The van der Waals surface area contributed by atoms with Crippen molar-refractivity contribution in [2.45, 2.75) is 16.5 Å². The van der Waals surface area contributed by atoms with E-state index in [9.17, 15) is 13.2 Å². The topological polar surface area (TPSA) is 151 Å². The molecule has 198 valence electrons. The Kier molecular flexibility index (Phi) is 8.61. The second kappa shape index (κ2) is 12.1. The molecule has 3 N–H and O–H groups in total. The first kappa shape index (κ1) is 27.1. The van der Waals surface area contributed by atoms with Crippen molar-refractivity contribution in [2.24, 2.45) is 5.14 Å². The highest BCUT2D eigenvalue weighted by Gasteiger charge is 2.20. The lowest BCUT2D eigenvalue weighted by Gasteiger charge is -2.15. The first-order chi connectivity index (χ1) is 18.3. The van der Waals surface area contributed by atoms with Crippen LogP contribution in [0.4, 0.5) is 0 Å². The lowest BCUT2D eigenvalue weighted by Crippen LogP contribution is -2.27. The van der Waals surface area contributed by atoms with Gasteiger partial charge in [0.1, 0.15) is 11.5 Å². The number of rotatable bonds is 11. The number of sulfonamides is 1. The van der Waals surface area contributed by atoms with E-state index in [1.165, 1.54) is 23.9 Å². The molecule has 0 unspecified atom stereocenters. The predicted molar refractivity (Wildman–Crippen MR) is 143 cm³/mol. The number of nitrogens with one attached hydrogen (secondary N) is 1. The summed E-state index contributed by atoms with van der Waals surface area (Å²) in [4.78, 5) is 16.7. The molecule has 4 aromatic rings. The highest BCUT2D eigenvalue weighted by atomic mass is 32.2. The van der Waals surface area contributed by atoms with Crippen molar-refractivity contribution in [3.63, 3.8) is 0 Å². The summed E-state index contributed by atoms with van der Waals surface area (Å²) in [7, 11) is -0.586. The van der Waals surface area contributed by atoms with Crippen LogP contribution in [0.3, 0.4) is 0 Å². The number of primary sulfonamides is 1. The minimum absolute atomic E-state index is 0.0459. The second-order valence-corrected chi connectivity index (χ2v) is 10.5. The third-order valence-corrected chi connectivity index (χ3v) is 7.38. The minimum Gasteiger partial charge on any atom is -0.497 e. The Morgan fingerprint density at radius 2 is 1.76 bits per heavy atom. The minimum atomic E-state index is -3.74. The molecular formula is C25H26N6O5S2. The van der Waals surface area contributed by atoms with Gasteiger partial charge in [0, 0.05) is 30.6 Å². The van der Waals surface area contributed by atoms with Gasteiger partial charge in [-0.15, -0.1) is 10.2 Å². The molecule has 0 aliphatic carbocycles. The number of ether oxygens (including phenoxy) is 2. The number of thioether (sulfide) groups is 1. The summed E-state index contributed by atoms with van der Waals surface area (Å²) in [5.74, 6) is 1.69. The molecule has 0 aliphatic heterocycles. The van der Waals surface area contributed by atoms with Gasteiger partial charge in [-0.3, -0.25) is 14.3 Å². The number of aromatic nitrogens is 4. The van der Waals surface area contributed by atoms with Crippen molar-refractivity contribution in [3.05, 3.63) is 72.6 Å². The molecule has 2 aromatic carbocycles. The number of methoxy groups -OCH3 is 2. The van der Waals surface area contributed by atoms with E-state index in [1.807, 2.05) is 22.8 Å². The summed E-state index contributed by atoms with van der Waals surface area (Å²) in [6, 6.07) is 15.3. The molecule has 0 aliphatic rings. The standard InChI is InChI=1S/C25H26N6O5S2/c1-35-19-5-8-22(36-2)21(15-19)31-24(18-10-12-27-13-11-18)29-30-25(31)37-16-23(32)28-14-9-17-3-6-20(7-4-17)38(26,33)34/h3-8,10-13,15H,9,14,16H2,1-2H3,(H,28,32)(H2,26,33,34). The van der Waals surface area contributed by atoms with Crippen molar-refractivity contribution >= 4 is 27.7 Å². The van der Waals surface area contributed by atoms with Gasteiger partial charge in [-0.2, -0.15) is 0 Å². The number of hydrogen-bond acceptors (Lipinski definition) is 9. The number of benzene rings is 2. The molecule has 0 bridgehead atoms. The summed E-state index contributed by atoms with van der Waals surface area (Å²) in [5.41, 5.74) is 2.33. The van der Waals surface area contributed by atoms with E-state index in [1.54, 1.807) is 50.9 Å². The molecule has 2 aromatic heterocycles. The number of pyridine rings is 1. The molecule has 13 heteroatoms. The number of amides is 1. The molecule has 0 saturated carbocycles. The van der Waals surface area contributed by atoms with Crippen LogP contribution in [0, 0.1) is 0 Å². The molecule has 0 fully saturated rings. The Bertz CT molecular complexity index is 1510. The van der Waals surface area contributed by atoms with Crippen LogP contribution in [0.2, 0.25) is 0 Å². The van der Waals surface area contributed by atoms with Crippen LogP contribution in [-0.4, -0.2) is 60.6 Å². The van der Waals surface area contributed by atoms with E-state index >= 15 is 0 Å². The summed E-state index contributed by atoms with van der Waals surface area (Å²) in [6.07, 6.45) is 3.87. The summed E-state index contributed by atoms with van der Waals surface area (Å²) < 4.78 is 35.6. The van der Waals surface area contributed by atoms with Gasteiger partial charge in [0.25, 0.3) is 0 Å². The zero-order chi connectivity index (χ0) is 27.1. The zero-order valence-electron chi connectivity index (χ0n) is 20.7. The highest BCUT2D eigenvalue weighted by molar-refractivity contribution is 7.99. The maximum Gasteiger partial charge on any atom is 0.238 e. The molecule has 0 spiro atoms. The molecule has 1 amide bonds. The molecule has 11 nitrogen and oxygen atoms in total. The number of hydrogen-bond donors (Lipinski definition) is 2. The third kappa shape index (κ3) is 6.49. The van der Waals surface area contributed by atoms with Crippen LogP contribution >= 0.6 is 11.8 Å². The fourth-order valence-corrected chi connectivity index (χ4v) is 4.90. The third-order valence-electron chi connectivity index (χ3n) is 5.52. The lowest BCUT2D eigenvalue weighted by atomic mass is 10.1. The normalized spacial score (nSPS) is 11.2. The fraction of sp³-hybridized carbons (Fsp3) is 0.200. The first-order valence-corrected chi connectivity index (χ1v) is 13.9. The Morgan fingerprint density at radius 1 is 1.03 bits per heavy atom. The Labute approximate surface area is 224 Å². The quantitative estimate of drug-likeness (QED) is 0.266. The SMILES string of the molecule is COc1ccc(OC)c(-n2c(SCC(=O)NCCc3ccc(S(N)(=O)=O)cc3)nnc2-c2ccncc2)c1. The van der Waals surface area contributed by atoms with E-state index in [0.717, 1.165) is 11.1 Å². The number of nitrogens with two attached hydrogens (primary N) is 1. The molecule has 38 heavy (non-hydrogen) atoms. The van der Waals surface area contributed by atoms with Crippen molar-refractivity contribution in [1.82, 2.24) is 25.1 Å². The van der Waals surface area contributed by atoms with Gasteiger partial charge in [-0.05, 0) is 48.4 Å². The Morgan fingerprint density at radius 3 is 2.42 bits per heavy atom. The van der Waals surface area contributed by atoms with Gasteiger partial charge >= 0.3 is 0 Å². The van der Waals surface area contributed by atoms with E-state index in [4.69, 9.17) is 14.6 Å². The molecule has 0 atom stereocenters. The number of carbonyl (C=O) groups is 1. The van der Waals surface area contributed by atoms with Crippen LogP contribution < -0.4 is 19.9 Å². The highest BCUT2D eigenvalue weighted by Crippen LogP contribution is 2.34. The number of nitrogens with zero attached hydrogens (tertiary/aromatic N) is 4. The average Bonchev–Trinajstić information content (AvgIpc) is 3.35. The van der Waals surface area contributed by atoms with Crippen molar-refractivity contribution in [2.75, 3.05) is 26.5 Å². The Balaban J connectivity index is 1.48. The van der Waals surface area contributed by atoms with E-state index in [0.29, 0.717) is 41.1 Å². The summed E-state index contributed by atoms with van der Waals surface area (Å²) >= 11 is 1.23. The van der Waals surface area contributed by atoms with Crippen LogP contribution in [0.1, 0.15) is 5.56 Å². The van der Waals surface area contributed by atoms with Crippen molar-refractivity contribution in [1.29, 1.82) is 0 Å². The van der Waals surface area contributed by atoms with Gasteiger partial charge in [-0.1, -0.05) is 23.9 Å². The van der Waals surface area contributed by atoms with Crippen LogP contribution in [0.15, 0.2) is 77.0 Å². The van der Waals surface area contributed by atoms with E-state index in [-0.39, 0.29) is 16.6 Å². The van der Waals surface area contributed by atoms with Crippen LogP contribution in [0.5, 0.6) is 11.5 Å². The van der Waals surface area contributed by atoms with Crippen LogP contribution in [-0.2, 0) is 21.2 Å². The first-order valence-electron chi connectivity index (χ1n) is 11.4. The Hall–Kier alpha value is -3.94.